The molecule has 2 aromatic rings. The Balaban J connectivity index is 2.48. The minimum absolute atomic E-state index is 0.0524. The summed E-state index contributed by atoms with van der Waals surface area (Å²) in [4.78, 5) is 18.0. The number of H-pyrrole nitrogens is 1. The fraction of sp³-hybridized carbons (Fsp3) is 0.438. The average Bonchev–Trinajstić information content (AvgIpc) is 2.96. The first kappa shape index (κ1) is 18.0. The fourth-order valence-corrected chi connectivity index (χ4v) is 2.58. The Labute approximate surface area is 137 Å². The van der Waals surface area contributed by atoms with E-state index in [1.165, 1.54) is 6.07 Å². The van der Waals surface area contributed by atoms with Crippen LogP contribution in [0.5, 0.6) is 0 Å². The van der Waals surface area contributed by atoms with Crippen molar-refractivity contribution in [2.75, 3.05) is 0 Å². The van der Waals surface area contributed by atoms with Gasteiger partial charge in [0.05, 0.1) is 5.56 Å². The van der Waals surface area contributed by atoms with Crippen molar-refractivity contribution in [2.45, 2.75) is 46.0 Å². The minimum atomic E-state index is -4.62. The topological polar surface area (TPSA) is 61.9 Å². The second-order valence-corrected chi connectivity index (χ2v) is 5.95. The number of nitrogens with zero attached hydrogens (tertiary/aromatic N) is 3. The lowest BCUT2D eigenvalue weighted by molar-refractivity contribution is -0.144. The molecular weight excluding hydrogens is 321 g/mol. The van der Waals surface area contributed by atoms with Gasteiger partial charge in [0.1, 0.15) is 0 Å². The molecule has 1 N–H and O–H groups in total. The van der Waals surface area contributed by atoms with Crippen LogP contribution >= 0.6 is 0 Å². The van der Waals surface area contributed by atoms with Crippen molar-refractivity contribution in [3.8, 4) is 11.4 Å². The number of hydrogen-bond acceptors (Lipinski definition) is 3. The van der Waals surface area contributed by atoms with Gasteiger partial charge in [-0.05, 0) is 33.8 Å². The van der Waals surface area contributed by atoms with Crippen LogP contribution in [-0.4, -0.2) is 38.1 Å². The van der Waals surface area contributed by atoms with Gasteiger partial charge in [-0.25, -0.2) is 4.98 Å². The molecule has 0 unspecified atom stereocenters. The Morgan fingerprint density at radius 2 is 1.71 bits per heavy atom. The summed E-state index contributed by atoms with van der Waals surface area (Å²) in [6.45, 7) is 7.54. The van der Waals surface area contributed by atoms with Gasteiger partial charge in [0.25, 0.3) is 5.91 Å². The van der Waals surface area contributed by atoms with Crippen LogP contribution in [0.2, 0.25) is 0 Å². The van der Waals surface area contributed by atoms with E-state index in [1.807, 2.05) is 32.8 Å². The predicted octanol–water partition coefficient (Wildman–Crippen LogP) is 3.75. The molecule has 0 radical (unpaired) electrons. The molecule has 130 valence electrons. The number of hydrogen-bond donors (Lipinski definition) is 1. The number of carbonyl (C=O) groups is 1. The second kappa shape index (κ2) is 6.62. The van der Waals surface area contributed by atoms with Gasteiger partial charge in [-0.1, -0.05) is 18.2 Å². The molecule has 0 aliphatic carbocycles. The molecule has 2 rings (SSSR count). The maximum absolute atomic E-state index is 12.9. The van der Waals surface area contributed by atoms with Gasteiger partial charge in [0, 0.05) is 17.6 Å². The Hall–Kier alpha value is -2.38. The number of alkyl halides is 3. The molecular formula is C16H19F3N4O. The van der Waals surface area contributed by atoms with Gasteiger partial charge < -0.3 is 4.90 Å². The molecule has 8 heteroatoms. The van der Waals surface area contributed by atoms with Crippen molar-refractivity contribution >= 4 is 5.91 Å². The van der Waals surface area contributed by atoms with Crippen LogP contribution in [0.1, 0.15) is 43.9 Å². The molecule has 0 spiro atoms. The third-order valence-electron chi connectivity index (χ3n) is 3.50. The van der Waals surface area contributed by atoms with E-state index in [2.05, 4.69) is 10.1 Å². The van der Waals surface area contributed by atoms with Gasteiger partial charge in [-0.15, -0.1) is 0 Å². The number of nitrogens with one attached hydrogen (secondary N) is 1. The van der Waals surface area contributed by atoms with E-state index >= 15 is 0 Å². The molecule has 0 bridgehead atoms. The highest BCUT2D eigenvalue weighted by molar-refractivity contribution is 6.00. The average molecular weight is 340 g/mol. The molecule has 24 heavy (non-hydrogen) atoms. The maximum atomic E-state index is 12.9. The van der Waals surface area contributed by atoms with E-state index in [0.717, 1.165) is 0 Å². The van der Waals surface area contributed by atoms with Gasteiger partial charge in [0.2, 0.25) is 5.82 Å². The first-order valence-electron chi connectivity index (χ1n) is 7.54. The summed E-state index contributed by atoms with van der Waals surface area (Å²) in [5, 5.41) is 5.49. The standard InChI is InChI=1S/C16H19F3N4O/c1-9(2)23(10(3)4)14(24)12-8-6-5-7-11(12)13-20-15(22-21-13)16(17,18)19/h5-10H,1-4H3,(H,20,21,22). The van der Waals surface area contributed by atoms with E-state index in [1.54, 1.807) is 23.1 Å². The molecule has 5 nitrogen and oxygen atoms in total. The number of carbonyl (C=O) groups excluding carboxylic acids is 1. The third-order valence-corrected chi connectivity index (χ3v) is 3.50. The molecule has 0 atom stereocenters. The van der Waals surface area contributed by atoms with Crippen molar-refractivity contribution in [1.82, 2.24) is 20.1 Å². The highest BCUT2D eigenvalue weighted by Crippen LogP contribution is 2.29. The van der Waals surface area contributed by atoms with Crippen molar-refractivity contribution in [3.05, 3.63) is 35.7 Å². The van der Waals surface area contributed by atoms with Gasteiger partial charge in [0.15, 0.2) is 5.82 Å². The zero-order chi connectivity index (χ0) is 18.1. The lowest BCUT2D eigenvalue weighted by atomic mass is 10.0. The van der Waals surface area contributed by atoms with Crippen LogP contribution < -0.4 is 0 Å². The van der Waals surface area contributed by atoms with Crippen molar-refractivity contribution in [2.24, 2.45) is 0 Å². The molecule has 1 aromatic heterocycles. The fourth-order valence-electron chi connectivity index (χ4n) is 2.58. The minimum Gasteiger partial charge on any atom is -0.334 e. The van der Waals surface area contributed by atoms with Crippen LogP contribution in [0.15, 0.2) is 24.3 Å². The Bertz CT molecular complexity index is 714. The first-order chi connectivity index (χ1) is 11.1. The molecule has 0 saturated carbocycles. The zero-order valence-electron chi connectivity index (χ0n) is 13.8. The van der Waals surface area contributed by atoms with E-state index < -0.39 is 12.0 Å². The smallest absolute Gasteiger partial charge is 0.334 e. The summed E-state index contributed by atoms with van der Waals surface area (Å²) in [6, 6.07) is 6.29. The number of halogens is 3. The number of aromatic nitrogens is 3. The largest absolute Gasteiger partial charge is 0.451 e. The normalized spacial score (nSPS) is 12.0. The van der Waals surface area contributed by atoms with Crippen LogP contribution in [-0.2, 0) is 6.18 Å². The van der Waals surface area contributed by atoms with Crippen molar-refractivity contribution in [3.63, 3.8) is 0 Å². The Morgan fingerprint density at radius 1 is 1.12 bits per heavy atom. The molecule has 0 aliphatic rings. The zero-order valence-corrected chi connectivity index (χ0v) is 13.8. The molecule has 0 fully saturated rings. The highest BCUT2D eigenvalue weighted by atomic mass is 19.4. The summed E-state index contributed by atoms with van der Waals surface area (Å²) in [7, 11) is 0. The first-order valence-corrected chi connectivity index (χ1v) is 7.54. The Morgan fingerprint density at radius 3 is 2.21 bits per heavy atom. The van der Waals surface area contributed by atoms with Crippen molar-refractivity contribution in [1.29, 1.82) is 0 Å². The van der Waals surface area contributed by atoms with E-state index in [0.29, 0.717) is 0 Å². The molecule has 1 amide bonds. The number of benzene rings is 1. The quantitative estimate of drug-likeness (QED) is 0.922. The van der Waals surface area contributed by atoms with E-state index in [-0.39, 0.29) is 34.9 Å². The number of rotatable bonds is 4. The summed E-state index contributed by atoms with van der Waals surface area (Å²) < 4.78 is 38.1. The third kappa shape index (κ3) is 3.58. The van der Waals surface area contributed by atoms with E-state index in [4.69, 9.17) is 0 Å². The monoisotopic (exact) mass is 340 g/mol. The van der Waals surface area contributed by atoms with Crippen LogP contribution in [0.4, 0.5) is 13.2 Å². The SMILES string of the molecule is CC(C)N(C(=O)c1ccccc1-c1n[nH]c(C(F)(F)F)n1)C(C)C. The van der Waals surface area contributed by atoms with Crippen LogP contribution in [0, 0.1) is 0 Å². The second-order valence-electron chi connectivity index (χ2n) is 5.95. The lowest BCUT2D eigenvalue weighted by Gasteiger charge is -2.31. The van der Waals surface area contributed by atoms with Crippen LogP contribution in [0.25, 0.3) is 11.4 Å². The van der Waals surface area contributed by atoms with E-state index in [9.17, 15) is 18.0 Å². The summed E-state index contributed by atoms with van der Waals surface area (Å²) in [5.41, 5.74) is 0.535. The lowest BCUT2D eigenvalue weighted by Crippen LogP contribution is -2.42. The van der Waals surface area contributed by atoms with Gasteiger partial charge in [-0.3, -0.25) is 9.89 Å². The van der Waals surface area contributed by atoms with Gasteiger partial charge >= 0.3 is 6.18 Å². The Kier molecular flexibility index (Phi) is 4.96. The molecule has 1 heterocycles. The molecule has 0 aliphatic heterocycles. The molecule has 0 saturated heterocycles. The summed E-state index contributed by atoms with van der Waals surface area (Å²) in [5.74, 6) is -1.61. The predicted molar refractivity (Wildman–Crippen MR) is 83.3 cm³/mol. The van der Waals surface area contributed by atoms with Crippen molar-refractivity contribution < 1.29 is 18.0 Å². The number of amides is 1. The van der Waals surface area contributed by atoms with Crippen LogP contribution in [0.3, 0.4) is 0 Å². The molecule has 1 aromatic carbocycles. The van der Waals surface area contributed by atoms with Gasteiger partial charge in [-0.2, -0.15) is 18.3 Å². The number of aromatic amines is 1. The highest BCUT2D eigenvalue weighted by Gasteiger charge is 2.36. The maximum Gasteiger partial charge on any atom is 0.451 e. The summed E-state index contributed by atoms with van der Waals surface area (Å²) in [6.07, 6.45) is -4.62. The summed E-state index contributed by atoms with van der Waals surface area (Å²) >= 11 is 0.